The van der Waals surface area contributed by atoms with Crippen LogP contribution in [0.25, 0.3) is 0 Å². The first-order valence-electron chi connectivity index (χ1n) is 5.38. The van der Waals surface area contributed by atoms with Gasteiger partial charge in [-0.2, -0.15) is 0 Å². The van der Waals surface area contributed by atoms with Crippen molar-refractivity contribution < 1.29 is 9.90 Å². The summed E-state index contributed by atoms with van der Waals surface area (Å²) < 4.78 is 0. The van der Waals surface area contributed by atoms with E-state index >= 15 is 0 Å². The van der Waals surface area contributed by atoms with Gasteiger partial charge in [-0.25, -0.2) is 0 Å². The molecule has 16 heavy (non-hydrogen) atoms. The summed E-state index contributed by atoms with van der Waals surface area (Å²) in [6.07, 6.45) is 1.88. The number of aromatic hydroxyl groups is 1. The predicted molar refractivity (Wildman–Crippen MR) is 61.3 cm³/mol. The van der Waals surface area contributed by atoms with Crippen molar-refractivity contribution in [2.75, 3.05) is 6.54 Å². The van der Waals surface area contributed by atoms with Crippen LogP contribution in [-0.4, -0.2) is 23.1 Å². The van der Waals surface area contributed by atoms with Gasteiger partial charge in [0, 0.05) is 12.1 Å². The molecule has 0 saturated heterocycles. The zero-order valence-corrected chi connectivity index (χ0v) is 9.29. The van der Waals surface area contributed by atoms with E-state index in [1.165, 1.54) is 6.07 Å². The van der Waals surface area contributed by atoms with E-state index in [1.54, 1.807) is 19.1 Å². The molecular weight excluding hydrogens is 204 g/mol. The minimum Gasteiger partial charge on any atom is -0.508 e. The Morgan fingerprint density at radius 1 is 1.56 bits per heavy atom. The van der Waals surface area contributed by atoms with Crippen molar-refractivity contribution in [3.63, 3.8) is 0 Å². The molecule has 1 aromatic carbocycles. The lowest BCUT2D eigenvalue weighted by atomic mass is 10.1. The van der Waals surface area contributed by atoms with Gasteiger partial charge in [0.05, 0.1) is 5.54 Å². The molecule has 1 amide bonds. The van der Waals surface area contributed by atoms with Gasteiger partial charge in [-0.1, -0.05) is 6.07 Å². The number of phenols is 1. The minimum atomic E-state index is -0.197. The second-order valence-electron chi connectivity index (χ2n) is 4.44. The summed E-state index contributed by atoms with van der Waals surface area (Å²) >= 11 is 0. The first-order chi connectivity index (χ1) is 7.56. The summed E-state index contributed by atoms with van der Waals surface area (Å²) in [6.45, 7) is 2.26. The normalized spacial score (nSPS) is 16.9. The maximum absolute atomic E-state index is 11.8. The first-order valence-corrected chi connectivity index (χ1v) is 5.38. The number of phenolic OH excluding ortho intramolecular Hbond substituents is 1. The zero-order valence-electron chi connectivity index (χ0n) is 9.29. The number of hydrogen-bond acceptors (Lipinski definition) is 3. The van der Waals surface area contributed by atoms with Gasteiger partial charge >= 0.3 is 0 Å². The van der Waals surface area contributed by atoms with Crippen LogP contribution in [0.1, 0.15) is 28.8 Å². The zero-order chi connectivity index (χ0) is 11.8. The Kier molecular flexibility index (Phi) is 2.59. The number of benzene rings is 1. The second kappa shape index (κ2) is 3.79. The van der Waals surface area contributed by atoms with E-state index in [1.807, 2.05) is 0 Å². The van der Waals surface area contributed by atoms with Crippen LogP contribution in [0, 0.1) is 6.92 Å². The lowest BCUT2D eigenvalue weighted by molar-refractivity contribution is 0.0932. The van der Waals surface area contributed by atoms with Gasteiger partial charge in [0.25, 0.3) is 5.91 Å². The summed E-state index contributed by atoms with van der Waals surface area (Å²) in [5.41, 5.74) is 6.62. The maximum Gasteiger partial charge on any atom is 0.251 e. The molecule has 1 saturated carbocycles. The second-order valence-corrected chi connectivity index (χ2v) is 4.44. The monoisotopic (exact) mass is 220 g/mol. The van der Waals surface area contributed by atoms with Crippen LogP contribution in [0.15, 0.2) is 18.2 Å². The lowest BCUT2D eigenvalue weighted by Crippen LogP contribution is -2.42. The Morgan fingerprint density at radius 3 is 2.75 bits per heavy atom. The number of nitrogens with two attached hydrogens (primary N) is 1. The number of amides is 1. The van der Waals surface area contributed by atoms with Crippen LogP contribution in [-0.2, 0) is 0 Å². The van der Waals surface area contributed by atoms with Crippen LogP contribution in [0.5, 0.6) is 5.75 Å². The van der Waals surface area contributed by atoms with Crippen molar-refractivity contribution >= 4 is 5.91 Å². The topological polar surface area (TPSA) is 75.4 Å². The van der Waals surface area contributed by atoms with Crippen LogP contribution in [0.3, 0.4) is 0 Å². The molecule has 0 bridgehead atoms. The average molecular weight is 220 g/mol. The molecule has 4 N–H and O–H groups in total. The molecule has 0 spiro atoms. The quantitative estimate of drug-likeness (QED) is 0.709. The number of carbonyl (C=O) groups is 1. The van der Waals surface area contributed by atoms with E-state index in [-0.39, 0.29) is 17.2 Å². The third-order valence-electron chi connectivity index (χ3n) is 3.09. The van der Waals surface area contributed by atoms with Gasteiger partial charge in [-0.15, -0.1) is 0 Å². The maximum atomic E-state index is 11.8. The van der Waals surface area contributed by atoms with E-state index in [0.29, 0.717) is 12.1 Å². The predicted octanol–water partition coefficient (Wildman–Crippen LogP) is 0.922. The molecule has 1 aromatic rings. The van der Waals surface area contributed by atoms with Crippen LogP contribution >= 0.6 is 0 Å². The highest BCUT2D eigenvalue weighted by atomic mass is 16.3. The fraction of sp³-hybridized carbons (Fsp3) is 0.417. The highest BCUT2D eigenvalue weighted by Crippen LogP contribution is 2.34. The molecule has 0 radical (unpaired) electrons. The van der Waals surface area contributed by atoms with Crippen LogP contribution in [0.2, 0.25) is 0 Å². The van der Waals surface area contributed by atoms with Crippen LogP contribution in [0.4, 0.5) is 0 Å². The third kappa shape index (κ3) is 2.02. The Labute approximate surface area is 94.5 Å². The van der Waals surface area contributed by atoms with E-state index in [4.69, 9.17) is 5.73 Å². The highest BCUT2D eigenvalue weighted by molar-refractivity contribution is 5.95. The van der Waals surface area contributed by atoms with Crippen molar-refractivity contribution in [1.29, 1.82) is 0 Å². The number of carbonyl (C=O) groups excluding carboxylic acids is 1. The Hall–Kier alpha value is -1.55. The summed E-state index contributed by atoms with van der Waals surface area (Å²) in [4.78, 5) is 11.8. The van der Waals surface area contributed by atoms with Crippen molar-refractivity contribution in [2.45, 2.75) is 25.3 Å². The van der Waals surface area contributed by atoms with Gasteiger partial charge in [0.15, 0.2) is 0 Å². The van der Waals surface area contributed by atoms with Gasteiger partial charge in [0.2, 0.25) is 0 Å². The Balaban J connectivity index is 2.12. The fourth-order valence-corrected chi connectivity index (χ4v) is 1.59. The third-order valence-corrected chi connectivity index (χ3v) is 3.09. The largest absolute Gasteiger partial charge is 0.508 e. The molecule has 0 atom stereocenters. The SMILES string of the molecule is Cc1ccc(C(=O)NC2(CN)CC2)cc1O. The molecule has 0 heterocycles. The van der Waals surface area contributed by atoms with E-state index in [9.17, 15) is 9.90 Å². The highest BCUT2D eigenvalue weighted by Gasteiger charge is 2.42. The molecular formula is C12H16N2O2. The Bertz CT molecular complexity index is 425. The molecule has 1 aliphatic rings. The minimum absolute atomic E-state index is 0.144. The molecule has 0 aromatic heterocycles. The standard InChI is InChI=1S/C12H16N2O2/c1-8-2-3-9(6-10(8)15)11(16)14-12(7-13)4-5-12/h2-3,6,15H,4-5,7,13H2,1H3,(H,14,16). The number of aryl methyl sites for hydroxylation is 1. The Morgan fingerprint density at radius 2 is 2.25 bits per heavy atom. The molecule has 2 rings (SSSR count). The van der Waals surface area contributed by atoms with Crippen molar-refractivity contribution in [3.8, 4) is 5.75 Å². The summed E-state index contributed by atoms with van der Waals surface area (Å²) in [5.74, 6) is -0.0245. The molecule has 86 valence electrons. The molecule has 0 unspecified atom stereocenters. The van der Waals surface area contributed by atoms with Crippen molar-refractivity contribution in [3.05, 3.63) is 29.3 Å². The number of hydrogen-bond donors (Lipinski definition) is 3. The molecule has 1 fully saturated rings. The number of nitrogens with one attached hydrogen (secondary N) is 1. The molecule has 0 aliphatic heterocycles. The van der Waals surface area contributed by atoms with Gasteiger partial charge in [0.1, 0.15) is 5.75 Å². The van der Waals surface area contributed by atoms with Gasteiger partial charge < -0.3 is 16.2 Å². The van der Waals surface area contributed by atoms with Gasteiger partial charge in [-0.05, 0) is 37.5 Å². The summed E-state index contributed by atoms with van der Waals surface area (Å²) in [6, 6.07) is 4.92. The molecule has 1 aliphatic carbocycles. The van der Waals surface area contributed by atoms with E-state index < -0.39 is 0 Å². The smallest absolute Gasteiger partial charge is 0.251 e. The average Bonchev–Trinajstić information content (AvgIpc) is 3.02. The van der Waals surface area contributed by atoms with Gasteiger partial charge in [-0.3, -0.25) is 4.79 Å². The summed E-state index contributed by atoms with van der Waals surface area (Å²) in [7, 11) is 0. The van der Waals surface area contributed by atoms with E-state index in [2.05, 4.69) is 5.32 Å². The first kappa shape index (κ1) is 11.0. The van der Waals surface area contributed by atoms with Crippen molar-refractivity contribution in [1.82, 2.24) is 5.32 Å². The lowest BCUT2D eigenvalue weighted by Gasteiger charge is -2.15. The fourth-order valence-electron chi connectivity index (χ4n) is 1.59. The molecule has 4 heteroatoms. The summed E-state index contributed by atoms with van der Waals surface area (Å²) in [5, 5.41) is 12.4. The van der Waals surface area contributed by atoms with Crippen molar-refractivity contribution in [2.24, 2.45) is 5.73 Å². The van der Waals surface area contributed by atoms with Crippen LogP contribution < -0.4 is 11.1 Å². The molecule has 4 nitrogen and oxygen atoms in total. The number of rotatable bonds is 3. The van der Waals surface area contributed by atoms with E-state index in [0.717, 1.165) is 18.4 Å².